The van der Waals surface area contributed by atoms with Crippen LogP contribution < -0.4 is 0 Å². The number of rotatable bonds is 4. The van der Waals surface area contributed by atoms with Gasteiger partial charge in [-0.15, -0.1) is 0 Å². The van der Waals surface area contributed by atoms with Crippen LogP contribution in [0, 0.1) is 11.3 Å². The summed E-state index contributed by atoms with van der Waals surface area (Å²) in [6, 6.07) is -0.604. The van der Waals surface area contributed by atoms with Crippen molar-refractivity contribution in [3.8, 4) is 0 Å². The molecule has 0 aromatic rings. The predicted octanol–water partition coefficient (Wildman–Crippen LogP) is 1.17. The van der Waals surface area contributed by atoms with Gasteiger partial charge in [0.1, 0.15) is 6.04 Å². The fraction of sp³-hybridized carbons (Fsp3) is 0.800. The standard InChI is InChI=1S/C15H24N2O5/c1-9(2)11(12(18)22-10(3)4)17-6-5-15(13(17)19)7-16(8-15)14(20)21/h9-11H,5-8H2,1-4H3,(H,20,21)/t11-/m0/s1. The summed E-state index contributed by atoms with van der Waals surface area (Å²) in [7, 11) is 0. The van der Waals surface area contributed by atoms with Gasteiger partial charge in [0.15, 0.2) is 0 Å². The van der Waals surface area contributed by atoms with Gasteiger partial charge in [0.2, 0.25) is 5.91 Å². The van der Waals surface area contributed by atoms with Crippen molar-refractivity contribution in [1.82, 2.24) is 9.80 Å². The normalized spacial score (nSPS) is 21.5. The van der Waals surface area contributed by atoms with Crippen molar-refractivity contribution >= 4 is 18.0 Å². The van der Waals surface area contributed by atoms with Crippen LogP contribution in [0.25, 0.3) is 0 Å². The van der Waals surface area contributed by atoms with E-state index in [1.807, 2.05) is 13.8 Å². The van der Waals surface area contributed by atoms with Crippen molar-refractivity contribution in [2.24, 2.45) is 11.3 Å². The summed E-state index contributed by atoms with van der Waals surface area (Å²) in [5.74, 6) is -0.560. The van der Waals surface area contributed by atoms with Gasteiger partial charge < -0.3 is 19.6 Å². The van der Waals surface area contributed by atoms with E-state index in [2.05, 4.69) is 0 Å². The Morgan fingerprint density at radius 2 is 1.82 bits per heavy atom. The molecular formula is C15H24N2O5. The molecule has 22 heavy (non-hydrogen) atoms. The monoisotopic (exact) mass is 312 g/mol. The molecule has 2 heterocycles. The van der Waals surface area contributed by atoms with Crippen molar-refractivity contribution in [2.45, 2.75) is 46.3 Å². The number of carboxylic acid groups (broad SMARTS) is 1. The molecule has 1 atom stereocenters. The molecule has 7 heteroatoms. The van der Waals surface area contributed by atoms with E-state index in [9.17, 15) is 14.4 Å². The second kappa shape index (κ2) is 5.78. The molecule has 0 aromatic carbocycles. The summed E-state index contributed by atoms with van der Waals surface area (Å²) >= 11 is 0. The van der Waals surface area contributed by atoms with Crippen LogP contribution in [0.4, 0.5) is 4.79 Å². The summed E-state index contributed by atoms with van der Waals surface area (Å²) in [6.07, 6.45) is -0.642. The number of hydrogen-bond acceptors (Lipinski definition) is 4. The molecule has 0 aliphatic carbocycles. The molecule has 2 saturated heterocycles. The highest BCUT2D eigenvalue weighted by Gasteiger charge is 2.58. The minimum atomic E-state index is -1.00. The summed E-state index contributed by atoms with van der Waals surface area (Å²) < 4.78 is 5.28. The Morgan fingerprint density at radius 1 is 1.23 bits per heavy atom. The van der Waals surface area contributed by atoms with Gasteiger partial charge in [-0.3, -0.25) is 4.79 Å². The van der Waals surface area contributed by atoms with Crippen molar-refractivity contribution < 1.29 is 24.2 Å². The van der Waals surface area contributed by atoms with Crippen LogP contribution in [0.5, 0.6) is 0 Å². The van der Waals surface area contributed by atoms with Gasteiger partial charge >= 0.3 is 12.1 Å². The molecule has 1 N–H and O–H groups in total. The van der Waals surface area contributed by atoms with Crippen LogP contribution >= 0.6 is 0 Å². The molecule has 0 unspecified atom stereocenters. The van der Waals surface area contributed by atoms with Gasteiger partial charge in [-0.05, 0) is 26.2 Å². The number of hydrogen-bond donors (Lipinski definition) is 1. The number of esters is 1. The molecule has 1 spiro atoms. The van der Waals surface area contributed by atoms with Crippen LogP contribution in [-0.4, -0.2) is 64.7 Å². The Balaban J connectivity index is 2.10. The van der Waals surface area contributed by atoms with Gasteiger partial charge in [0.05, 0.1) is 11.5 Å². The predicted molar refractivity (Wildman–Crippen MR) is 78.2 cm³/mol. The Hall–Kier alpha value is -1.79. The molecule has 0 radical (unpaired) electrons. The van der Waals surface area contributed by atoms with Crippen LogP contribution in [0.3, 0.4) is 0 Å². The van der Waals surface area contributed by atoms with Gasteiger partial charge in [-0.1, -0.05) is 13.8 Å². The molecule has 124 valence electrons. The van der Waals surface area contributed by atoms with Crippen LogP contribution in [0.2, 0.25) is 0 Å². The average molecular weight is 312 g/mol. The molecule has 2 aliphatic heterocycles. The largest absolute Gasteiger partial charge is 0.465 e. The highest BCUT2D eigenvalue weighted by atomic mass is 16.5. The third kappa shape index (κ3) is 2.76. The second-order valence-electron chi connectivity index (χ2n) is 6.84. The Morgan fingerprint density at radius 3 is 2.27 bits per heavy atom. The first-order valence-corrected chi connectivity index (χ1v) is 7.67. The van der Waals surface area contributed by atoms with Crippen LogP contribution in [-0.2, 0) is 14.3 Å². The minimum Gasteiger partial charge on any atom is -0.465 e. The Labute approximate surface area is 130 Å². The third-order valence-electron chi connectivity index (χ3n) is 4.36. The van der Waals surface area contributed by atoms with E-state index in [-0.39, 0.29) is 37.0 Å². The number of carbonyl (C=O) groups excluding carboxylic acids is 2. The number of likely N-dealkylation sites (tertiary alicyclic amines) is 2. The number of nitrogens with zero attached hydrogens (tertiary/aromatic N) is 2. The van der Waals surface area contributed by atoms with E-state index >= 15 is 0 Å². The molecule has 0 bridgehead atoms. The smallest absolute Gasteiger partial charge is 0.407 e. The van der Waals surface area contributed by atoms with E-state index in [0.717, 1.165) is 0 Å². The summed E-state index contributed by atoms with van der Waals surface area (Å²) in [6.45, 7) is 8.24. The summed E-state index contributed by atoms with van der Waals surface area (Å²) in [5.41, 5.74) is -0.635. The van der Waals surface area contributed by atoms with Crippen molar-refractivity contribution in [1.29, 1.82) is 0 Å². The maximum absolute atomic E-state index is 12.7. The number of carbonyl (C=O) groups is 3. The summed E-state index contributed by atoms with van der Waals surface area (Å²) in [5, 5.41) is 8.94. The van der Waals surface area contributed by atoms with E-state index in [1.54, 1.807) is 18.7 Å². The van der Waals surface area contributed by atoms with E-state index in [1.165, 1.54) is 4.90 Å². The van der Waals surface area contributed by atoms with Gasteiger partial charge in [-0.25, -0.2) is 9.59 Å². The molecule has 2 rings (SSSR count). The van der Waals surface area contributed by atoms with Crippen molar-refractivity contribution in [2.75, 3.05) is 19.6 Å². The lowest BCUT2D eigenvalue weighted by Gasteiger charge is -2.45. The zero-order chi connectivity index (χ0) is 16.7. The lowest BCUT2D eigenvalue weighted by atomic mass is 9.78. The summed E-state index contributed by atoms with van der Waals surface area (Å²) in [4.78, 5) is 38.7. The lowest BCUT2D eigenvalue weighted by Crippen LogP contribution is -2.62. The van der Waals surface area contributed by atoms with Gasteiger partial charge in [0, 0.05) is 19.6 Å². The van der Waals surface area contributed by atoms with E-state index < -0.39 is 17.6 Å². The van der Waals surface area contributed by atoms with Gasteiger partial charge in [0.25, 0.3) is 0 Å². The number of amides is 2. The fourth-order valence-corrected chi connectivity index (χ4v) is 3.29. The SMILES string of the molecule is CC(C)OC(=O)[C@H](C(C)C)N1CCC2(CN(C(=O)O)C2)C1=O. The minimum absolute atomic E-state index is 0.0546. The molecule has 2 amide bonds. The highest BCUT2D eigenvalue weighted by Crippen LogP contribution is 2.42. The van der Waals surface area contributed by atoms with E-state index in [4.69, 9.17) is 9.84 Å². The molecule has 2 fully saturated rings. The van der Waals surface area contributed by atoms with Crippen molar-refractivity contribution in [3.63, 3.8) is 0 Å². The second-order valence-corrected chi connectivity index (χ2v) is 6.84. The quantitative estimate of drug-likeness (QED) is 0.788. The van der Waals surface area contributed by atoms with Crippen LogP contribution in [0.1, 0.15) is 34.1 Å². The van der Waals surface area contributed by atoms with Gasteiger partial charge in [-0.2, -0.15) is 0 Å². The zero-order valence-electron chi connectivity index (χ0n) is 13.5. The average Bonchev–Trinajstić information content (AvgIpc) is 2.64. The zero-order valence-corrected chi connectivity index (χ0v) is 13.5. The molecule has 0 saturated carbocycles. The lowest BCUT2D eigenvalue weighted by molar-refractivity contribution is -0.162. The number of ether oxygens (including phenoxy) is 1. The first-order chi connectivity index (χ1) is 10.2. The van der Waals surface area contributed by atoms with Crippen molar-refractivity contribution in [3.05, 3.63) is 0 Å². The topological polar surface area (TPSA) is 87.2 Å². The molecule has 0 aromatic heterocycles. The maximum Gasteiger partial charge on any atom is 0.407 e. The Bertz CT molecular complexity index is 482. The highest BCUT2D eigenvalue weighted by molar-refractivity contribution is 5.92. The molecular weight excluding hydrogens is 288 g/mol. The Kier molecular flexibility index (Phi) is 4.35. The molecule has 2 aliphatic rings. The maximum atomic E-state index is 12.7. The fourth-order valence-electron chi connectivity index (χ4n) is 3.29. The first-order valence-electron chi connectivity index (χ1n) is 7.67. The molecule has 7 nitrogen and oxygen atoms in total. The third-order valence-corrected chi connectivity index (χ3v) is 4.36. The first kappa shape index (κ1) is 16.6. The van der Waals surface area contributed by atoms with Crippen LogP contribution in [0.15, 0.2) is 0 Å². The van der Waals surface area contributed by atoms with E-state index in [0.29, 0.717) is 13.0 Å².